The first kappa shape index (κ1) is 18.4. The van der Waals surface area contributed by atoms with Crippen molar-refractivity contribution in [2.24, 2.45) is 0 Å². The van der Waals surface area contributed by atoms with Crippen molar-refractivity contribution in [3.05, 3.63) is 46.9 Å². The topological polar surface area (TPSA) is 44.0 Å². The van der Waals surface area contributed by atoms with E-state index in [1.54, 1.807) is 19.1 Å². The highest BCUT2D eigenvalue weighted by molar-refractivity contribution is 6.08. The van der Waals surface area contributed by atoms with E-state index in [2.05, 4.69) is 13.5 Å². The summed E-state index contributed by atoms with van der Waals surface area (Å²) in [4.78, 5) is 12.1. The lowest BCUT2D eigenvalue weighted by molar-refractivity contribution is -0.614. The van der Waals surface area contributed by atoms with Gasteiger partial charge in [-0.1, -0.05) is 58.4 Å². The van der Waals surface area contributed by atoms with Crippen LogP contribution in [0.25, 0.3) is 0 Å². The molecule has 0 amide bonds. The number of carbonyl (C=O) groups excluding carboxylic acids is 1. The zero-order valence-electron chi connectivity index (χ0n) is 14.1. The smallest absolute Gasteiger partial charge is 0.203 e. The summed E-state index contributed by atoms with van der Waals surface area (Å²) in [5.41, 5.74) is 1.57. The minimum Gasteiger partial charge on any atom is -0.618 e. The molecule has 0 atom stereocenters. The maximum absolute atomic E-state index is 12.1. The molecule has 0 aliphatic carbocycles. The van der Waals surface area contributed by atoms with E-state index >= 15 is 0 Å². The highest BCUT2D eigenvalue weighted by atomic mass is 16.5. The largest absolute Gasteiger partial charge is 0.618 e. The minimum atomic E-state index is -0.125. The van der Waals surface area contributed by atoms with Gasteiger partial charge in [0, 0.05) is 12.5 Å². The standard InChI is InChI=1S/C19H29NO2/c1-4-5-6-7-8-9-10-11-14-18-17(19(21)16(2)3)13-12-15-20(18)22/h12-13,15H,2,4-11,14H2,1,3H3. The Hall–Kier alpha value is -1.64. The minimum absolute atomic E-state index is 0.125. The van der Waals surface area contributed by atoms with Gasteiger partial charge in [-0.3, -0.25) is 4.79 Å². The van der Waals surface area contributed by atoms with Gasteiger partial charge in [0.15, 0.2) is 12.0 Å². The quantitative estimate of drug-likeness (QED) is 0.194. The van der Waals surface area contributed by atoms with Gasteiger partial charge in [0.2, 0.25) is 5.69 Å². The summed E-state index contributed by atoms with van der Waals surface area (Å²) in [7, 11) is 0. The van der Waals surface area contributed by atoms with Crippen molar-refractivity contribution < 1.29 is 9.52 Å². The van der Waals surface area contributed by atoms with E-state index in [-0.39, 0.29) is 5.78 Å². The van der Waals surface area contributed by atoms with Crippen molar-refractivity contribution in [3.63, 3.8) is 0 Å². The van der Waals surface area contributed by atoms with E-state index in [9.17, 15) is 10.0 Å². The second-order valence-electron chi connectivity index (χ2n) is 6.03. The molecule has 0 radical (unpaired) electrons. The van der Waals surface area contributed by atoms with Crippen molar-refractivity contribution in [3.8, 4) is 0 Å². The van der Waals surface area contributed by atoms with Gasteiger partial charge >= 0.3 is 0 Å². The molecule has 3 nitrogen and oxygen atoms in total. The Balaban J connectivity index is 2.45. The number of hydrogen-bond acceptors (Lipinski definition) is 2. The Kier molecular flexibility index (Phi) is 8.49. The molecule has 0 unspecified atom stereocenters. The number of hydrogen-bond donors (Lipinski definition) is 0. The Morgan fingerprint density at radius 1 is 1.14 bits per heavy atom. The van der Waals surface area contributed by atoms with Crippen LogP contribution in [0.3, 0.4) is 0 Å². The van der Waals surface area contributed by atoms with E-state index in [0.29, 0.717) is 23.3 Å². The van der Waals surface area contributed by atoms with Crippen molar-refractivity contribution in [2.45, 2.75) is 71.6 Å². The lowest BCUT2D eigenvalue weighted by atomic mass is 10.00. The number of carbonyl (C=O) groups is 1. The van der Waals surface area contributed by atoms with Gasteiger partial charge in [-0.15, -0.1) is 0 Å². The lowest BCUT2D eigenvalue weighted by Gasteiger charge is -2.09. The fourth-order valence-electron chi connectivity index (χ4n) is 2.63. The van der Waals surface area contributed by atoms with Gasteiger partial charge < -0.3 is 5.21 Å². The molecule has 1 heterocycles. The Morgan fingerprint density at radius 3 is 2.32 bits per heavy atom. The molecule has 0 fully saturated rings. The molecule has 22 heavy (non-hydrogen) atoms. The molecule has 0 aromatic carbocycles. The number of rotatable bonds is 11. The number of Topliss-reactive ketones (excluding diaryl/α,β-unsaturated/α-hetero) is 1. The first-order chi connectivity index (χ1) is 10.6. The average molecular weight is 303 g/mol. The number of unbranched alkanes of at least 4 members (excludes halogenated alkanes) is 7. The molecular formula is C19H29NO2. The highest BCUT2D eigenvalue weighted by Crippen LogP contribution is 2.14. The molecule has 1 rings (SSSR count). The molecule has 0 spiro atoms. The van der Waals surface area contributed by atoms with Crippen LogP contribution in [0, 0.1) is 5.21 Å². The Labute approximate surface area is 134 Å². The van der Waals surface area contributed by atoms with E-state index in [1.165, 1.54) is 44.7 Å². The zero-order chi connectivity index (χ0) is 16.4. The van der Waals surface area contributed by atoms with Crippen molar-refractivity contribution >= 4 is 5.78 Å². The monoisotopic (exact) mass is 303 g/mol. The van der Waals surface area contributed by atoms with Gasteiger partial charge in [-0.05, 0) is 25.0 Å². The third-order valence-corrected chi connectivity index (χ3v) is 3.96. The summed E-state index contributed by atoms with van der Waals surface area (Å²) in [6, 6.07) is 3.35. The Morgan fingerprint density at radius 2 is 1.73 bits per heavy atom. The predicted octanol–water partition coefficient (Wildman–Crippen LogP) is 4.76. The number of nitrogens with zero attached hydrogens (tertiary/aromatic N) is 1. The van der Waals surface area contributed by atoms with Crippen molar-refractivity contribution in [1.82, 2.24) is 0 Å². The van der Waals surface area contributed by atoms with Crippen LogP contribution in [0.1, 0.15) is 81.3 Å². The molecule has 0 saturated heterocycles. The summed E-state index contributed by atoms with van der Waals surface area (Å²) < 4.78 is 0.831. The SMILES string of the molecule is C=C(C)C(=O)c1ccc[n+]([O-])c1CCCCCCCCCC. The van der Waals surface area contributed by atoms with E-state index in [1.807, 2.05) is 0 Å². The maximum atomic E-state index is 12.1. The summed E-state index contributed by atoms with van der Waals surface area (Å²) >= 11 is 0. The molecule has 0 aliphatic rings. The summed E-state index contributed by atoms with van der Waals surface area (Å²) in [6.45, 7) is 7.60. The average Bonchev–Trinajstić information content (AvgIpc) is 2.50. The first-order valence-electron chi connectivity index (χ1n) is 8.49. The molecule has 0 N–H and O–H groups in total. The third-order valence-electron chi connectivity index (χ3n) is 3.96. The maximum Gasteiger partial charge on any atom is 0.203 e. The first-order valence-corrected chi connectivity index (χ1v) is 8.49. The van der Waals surface area contributed by atoms with E-state index in [4.69, 9.17) is 0 Å². The molecule has 0 saturated carbocycles. The number of aromatic nitrogens is 1. The lowest BCUT2D eigenvalue weighted by Crippen LogP contribution is -2.33. The van der Waals surface area contributed by atoms with Crippen LogP contribution in [0.5, 0.6) is 0 Å². The molecular weight excluding hydrogens is 274 g/mol. The van der Waals surface area contributed by atoms with Crippen molar-refractivity contribution in [1.29, 1.82) is 0 Å². The third kappa shape index (κ3) is 6.00. The highest BCUT2D eigenvalue weighted by Gasteiger charge is 2.18. The zero-order valence-corrected chi connectivity index (χ0v) is 14.1. The summed E-state index contributed by atoms with van der Waals surface area (Å²) in [5.74, 6) is -0.125. The summed E-state index contributed by atoms with van der Waals surface area (Å²) in [5, 5.41) is 11.9. The fourth-order valence-corrected chi connectivity index (χ4v) is 2.63. The van der Waals surface area contributed by atoms with Gasteiger partial charge in [0.25, 0.3) is 0 Å². The normalized spacial score (nSPS) is 10.6. The molecule has 3 heteroatoms. The molecule has 0 aliphatic heterocycles. The Bertz CT molecular complexity index is 494. The van der Waals surface area contributed by atoms with E-state index in [0.717, 1.165) is 17.6 Å². The fraction of sp³-hybridized carbons (Fsp3) is 0.579. The second-order valence-corrected chi connectivity index (χ2v) is 6.03. The van der Waals surface area contributed by atoms with E-state index < -0.39 is 0 Å². The second kappa shape index (κ2) is 10.1. The van der Waals surface area contributed by atoms with Crippen LogP contribution < -0.4 is 4.73 Å². The van der Waals surface area contributed by atoms with Crippen LogP contribution in [-0.4, -0.2) is 5.78 Å². The predicted molar refractivity (Wildman–Crippen MR) is 90.9 cm³/mol. The van der Waals surface area contributed by atoms with Crippen LogP contribution in [0.4, 0.5) is 0 Å². The number of pyridine rings is 1. The molecule has 1 aromatic rings. The molecule has 0 bridgehead atoms. The molecule has 1 aromatic heterocycles. The van der Waals surface area contributed by atoms with Gasteiger partial charge in [-0.2, -0.15) is 4.73 Å². The number of allylic oxidation sites excluding steroid dienone is 1. The van der Waals surface area contributed by atoms with Gasteiger partial charge in [0.1, 0.15) is 0 Å². The van der Waals surface area contributed by atoms with Crippen LogP contribution in [0.15, 0.2) is 30.5 Å². The van der Waals surface area contributed by atoms with Crippen LogP contribution in [-0.2, 0) is 6.42 Å². The van der Waals surface area contributed by atoms with Gasteiger partial charge in [0.05, 0.1) is 5.56 Å². The van der Waals surface area contributed by atoms with Crippen LogP contribution >= 0.6 is 0 Å². The van der Waals surface area contributed by atoms with Gasteiger partial charge in [-0.25, -0.2) is 0 Å². The number of ketones is 1. The van der Waals surface area contributed by atoms with Crippen LogP contribution in [0.2, 0.25) is 0 Å². The molecule has 122 valence electrons. The van der Waals surface area contributed by atoms with Crippen molar-refractivity contribution in [2.75, 3.05) is 0 Å². The summed E-state index contributed by atoms with van der Waals surface area (Å²) in [6.07, 6.45) is 11.9.